The molecule has 1 aliphatic carbocycles. The molecule has 0 bridgehead atoms. The Morgan fingerprint density at radius 3 is 2.62 bits per heavy atom. The standard InChI is InChI=1S/C28H31N9OS/c1-31-23-13-24(25-7-6-21-12-17(14-29)15-33-37(21)25)32-16-22(23)28-35-34-27(39-28)19-2-4-20(5-3-19)36-10-8-18(9-11-36)26(30)38/h6-7,12-13,15-16,18-20H,2-5,8-11H2,1H3,(H2,30,38)(H,31,32). The summed E-state index contributed by atoms with van der Waals surface area (Å²) in [4.78, 5) is 18.8. The van der Waals surface area contributed by atoms with E-state index in [0.717, 1.165) is 89.8 Å². The predicted octanol–water partition coefficient (Wildman–Crippen LogP) is 4.05. The Morgan fingerprint density at radius 1 is 1.10 bits per heavy atom. The van der Waals surface area contributed by atoms with Gasteiger partial charge in [0.15, 0.2) is 5.01 Å². The van der Waals surface area contributed by atoms with Crippen molar-refractivity contribution in [3.63, 3.8) is 0 Å². The molecule has 1 saturated heterocycles. The van der Waals surface area contributed by atoms with Gasteiger partial charge in [-0.25, -0.2) is 4.52 Å². The first kappa shape index (κ1) is 25.4. The van der Waals surface area contributed by atoms with E-state index in [0.29, 0.717) is 17.5 Å². The molecule has 11 heteroatoms. The molecule has 1 aliphatic heterocycles. The molecule has 4 aromatic rings. The number of fused-ring (bicyclic) bond motifs is 1. The van der Waals surface area contributed by atoms with Gasteiger partial charge in [-0.2, -0.15) is 10.4 Å². The molecule has 0 aromatic carbocycles. The number of nitrogens with two attached hydrogens (primary N) is 1. The lowest BCUT2D eigenvalue weighted by molar-refractivity contribution is -0.123. The zero-order valence-corrected chi connectivity index (χ0v) is 22.7. The van der Waals surface area contributed by atoms with Crippen LogP contribution in [-0.4, -0.2) is 61.8 Å². The molecule has 0 atom stereocenters. The minimum atomic E-state index is -0.151. The second-order valence-corrected chi connectivity index (χ2v) is 11.4. The monoisotopic (exact) mass is 541 g/mol. The summed E-state index contributed by atoms with van der Waals surface area (Å²) in [6.45, 7) is 1.94. The van der Waals surface area contributed by atoms with Crippen LogP contribution in [0.15, 0.2) is 36.7 Å². The van der Waals surface area contributed by atoms with Gasteiger partial charge in [0, 0.05) is 36.8 Å². The van der Waals surface area contributed by atoms with E-state index in [-0.39, 0.29) is 11.8 Å². The third-order valence-corrected chi connectivity index (χ3v) is 9.35. The van der Waals surface area contributed by atoms with E-state index in [9.17, 15) is 4.79 Å². The number of nitrogens with zero attached hydrogens (tertiary/aromatic N) is 7. The van der Waals surface area contributed by atoms with Crippen LogP contribution in [0.4, 0.5) is 5.69 Å². The first-order valence-electron chi connectivity index (χ1n) is 13.5. The van der Waals surface area contributed by atoms with Gasteiger partial charge in [-0.15, -0.1) is 10.2 Å². The minimum absolute atomic E-state index is 0.0422. The summed E-state index contributed by atoms with van der Waals surface area (Å²) < 4.78 is 1.79. The molecule has 0 unspecified atom stereocenters. The molecule has 3 N–H and O–H groups in total. The molecule has 0 radical (unpaired) electrons. The highest BCUT2D eigenvalue weighted by atomic mass is 32.1. The number of primary amides is 1. The van der Waals surface area contributed by atoms with Gasteiger partial charge in [-0.3, -0.25) is 9.78 Å². The summed E-state index contributed by atoms with van der Waals surface area (Å²) in [5, 5.41) is 28.0. The number of hydrogen-bond acceptors (Lipinski definition) is 9. The SMILES string of the molecule is CNc1cc(-c2ccc3cc(C#N)cnn23)ncc1-c1nnc(C2CCC(N3CCC(C(N)=O)CC3)CC2)s1. The van der Waals surface area contributed by atoms with Crippen molar-refractivity contribution in [1.29, 1.82) is 5.26 Å². The minimum Gasteiger partial charge on any atom is -0.387 e. The number of amides is 1. The Balaban J connectivity index is 1.15. The Bertz CT molecular complexity index is 1540. The Kier molecular flexibility index (Phi) is 6.97. The predicted molar refractivity (Wildman–Crippen MR) is 150 cm³/mol. The van der Waals surface area contributed by atoms with Crippen LogP contribution in [0, 0.1) is 17.2 Å². The number of nitriles is 1. The van der Waals surface area contributed by atoms with Crippen molar-refractivity contribution in [3.05, 3.63) is 47.2 Å². The lowest BCUT2D eigenvalue weighted by Crippen LogP contribution is -2.45. The summed E-state index contributed by atoms with van der Waals surface area (Å²) >= 11 is 1.66. The lowest BCUT2D eigenvalue weighted by Gasteiger charge is -2.40. The maximum Gasteiger partial charge on any atom is 0.220 e. The Labute approximate surface area is 230 Å². The van der Waals surface area contributed by atoms with Gasteiger partial charge in [-0.05, 0) is 75.9 Å². The average molecular weight is 542 g/mol. The van der Waals surface area contributed by atoms with Crippen molar-refractivity contribution < 1.29 is 4.79 Å². The number of anilines is 1. The normalized spacial score (nSPS) is 20.6. The van der Waals surface area contributed by atoms with E-state index in [1.165, 1.54) is 0 Å². The fraction of sp³-hybridized carbons (Fsp3) is 0.429. The number of hydrogen-bond donors (Lipinski definition) is 2. The molecule has 2 fully saturated rings. The number of likely N-dealkylation sites (tertiary alicyclic amines) is 1. The van der Waals surface area contributed by atoms with Crippen LogP contribution in [0.1, 0.15) is 55.0 Å². The van der Waals surface area contributed by atoms with E-state index in [2.05, 4.69) is 31.6 Å². The zero-order valence-electron chi connectivity index (χ0n) is 21.9. The van der Waals surface area contributed by atoms with Crippen LogP contribution in [0.2, 0.25) is 0 Å². The first-order chi connectivity index (χ1) is 19.0. The number of piperidine rings is 1. The van der Waals surface area contributed by atoms with Crippen molar-refractivity contribution in [2.45, 2.75) is 50.5 Å². The molecule has 1 amide bonds. The number of nitrogens with one attached hydrogen (secondary N) is 1. The molecule has 10 nitrogen and oxygen atoms in total. The largest absolute Gasteiger partial charge is 0.387 e. The number of pyridine rings is 1. The topological polar surface area (TPSA) is 138 Å². The highest BCUT2D eigenvalue weighted by Gasteiger charge is 2.32. The van der Waals surface area contributed by atoms with Gasteiger partial charge >= 0.3 is 0 Å². The van der Waals surface area contributed by atoms with Crippen LogP contribution >= 0.6 is 11.3 Å². The van der Waals surface area contributed by atoms with Crippen molar-refractivity contribution in [2.24, 2.45) is 11.7 Å². The molecule has 6 rings (SSSR count). The van der Waals surface area contributed by atoms with Gasteiger partial charge in [0.25, 0.3) is 0 Å². The molecular formula is C28H31N9OS. The zero-order chi connectivity index (χ0) is 26.9. The third-order valence-electron chi connectivity index (χ3n) is 8.23. The molecule has 2 aliphatic rings. The Hall–Kier alpha value is -3.88. The number of aromatic nitrogens is 5. The fourth-order valence-corrected chi connectivity index (χ4v) is 7.01. The van der Waals surface area contributed by atoms with Crippen LogP contribution < -0.4 is 11.1 Å². The number of carbonyl (C=O) groups is 1. The second-order valence-electron chi connectivity index (χ2n) is 10.4. The van der Waals surface area contributed by atoms with Gasteiger partial charge in [0.05, 0.1) is 34.2 Å². The lowest BCUT2D eigenvalue weighted by atomic mass is 9.84. The molecule has 0 spiro atoms. The quantitative estimate of drug-likeness (QED) is 0.373. The fourth-order valence-electron chi connectivity index (χ4n) is 5.97. The number of carbonyl (C=O) groups excluding carboxylic acids is 1. The summed E-state index contributed by atoms with van der Waals surface area (Å²) in [6, 6.07) is 10.4. The molecule has 5 heterocycles. The summed E-state index contributed by atoms with van der Waals surface area (Å²) in [7, 11) is 1.89. The molecule has 4 aromatic heterocycles. The summed E-state index contributed by atoms with van der Waals surface area (Å²) in [5.41, 5.74) is 10.4. The van der Waals surface area contributed by atoms with E-state index in [1.54, 1.807) is 22.0 Å². The van der Waals surface area contributed by atoms with Gasteiger partial charge in [0.2, 0.25) is 5.91 Å². The van der Waals surface area contributed by atoms with Gasteiger partial charge in [0.1, 0.15) is 11.1 Å². The first-order valence-corrected chi connectivity index (χ1v) is 14.3. The Morgan fingerprint density at radius 2 is 1.90 bits per heavy atom. The molecule has 200 valence electrons. The number of rotatable bonds is 6. The van der Waals surface area contributed by atoms with Crippen LogP contribution in [0.3, 0.4) is 0 Å². The van der Waals surface area contributed by atoms with Gasteiger partial charge in [-0.1, -0.05) is 11.3 Å². The van der Waals surface area contributed by atoms with Crippen LogP contribution in [0.5, 0.6) is 0 Å². The smallest absolute Gasteiger partial charge is 0.220 e. The van der Waals surface area contributed by atoms with Crippen molar-refractivity contribution in [2.75, 3.05) is 25.5 Å². The van der Waals surface area contributed by atoms with Crippen molar-refractivity contribution in [1.82, 2.24) is 29.7 Å². The van der Waals surface area contributed by atoms with Crippen LogP contribution in [0.25, 0.3) is 27.5 Å². The maximum atomic E-state index is 11.5. The molecular weight excluding hydrogens is 510 g/mol. The second kappa shape index (κ2) is 10.7. The van der Waals surface area contributed by atoms with E-state index in [1.807, 2.05) is 37.5 Å². The summed E-state index contributed by atoms with van der Waals surface area (Å²) in [6.07, 6.45) is 9.68. The van der Waals surface area contributed by atoms with E-state index < -0.39 is 0 Å². The highest BCUT2D eigenvalue weighted by molar-refractivity contribution is 7.14. The molecule has 39 heavy (non-hydrogen) atoms. The van der Waals surface area contributed by atoms with E-state index in [4.69, 9.17) is 16.0 Å². The van der Waals surface area contributed by atoms with Crippen LogP contribution in [-0.2, 0) is 4.79 Å². The van der Waals surface area contributed by atoms with Gasteiger partial charge < -0.3 is 16.0 Å². The third kappa shape index (κ3) is 4.97. The van der Waals surface area contributed by atoms with Crippen molar-refractivity contribution in [3.8, 4) is 28.0 Å². The maximum absolute atomic E-state index is 11.5. The average Bonchev–Trinajstić information content (AvgIpc) is 3.64. The van der Waals surface area contributed by atoms with E-state index >= 15 is 0 Å². The molecule has 1 saturated carbocycles. The van der Waals surface area contributed by atoms with Crippen molar-refractivity contribution >= 4 is 28.4 Å². The summed E-state index contributed by atoms with van der Waals surface area (Å²) in [5.74, 6) is 0.320. The highest BCUT2D eigenvalue weighted by Crippen LogP contribution is 2.40.